The molecular formula is C17H12N3O6-. The average Bonchev–Trinajstić information content (AvgIpc) is 2.92. The molecule has 26 heavy (non-hydrogen) atoms. The van der Waals surface area contributed by atoms with E-state index >= 15 is 0 Å². The molecule has 0 spiro atoms. The van der Waals surface area contributed by atoms with E-state index in [-0.39, 0.29) is 22.6 Å². The molecule has 3 rings (SSSR count). The third-order valence-corrected chi connectivity index (χ3v) is 3.70. The highest BCUT2D eigenvalue weighted by molar-refractivity contribution is 6.31. The van der Waals surface area contributed by atoms with E-state index in [1.165, 1.54) is 7.11 Å². The molecule has 1 N–H and O–H groups in total. The van der Waals surface area contributed by atoms with E-state index < -0.39 is 22.5 Å². The average molecular weight is 354 g/mol. The standard InChI is InChI=1S/C17H13N3O6/c1-26-14-9-12(20(24)25)7-10(15(14)21)8-13-16(22)18-19(17(13)23)11-5-3-2-4-6-11/h2-9,21H,1H3,(H,18,22)/p-1/b13-8-. The minimum absolute atomic E-state index is 0.190. The van der Waals surface area contributed by atoms with Gasteiger partial charge in [-0.15, -0.1) is 0 Å². The number of methoxy groups -OCH3 is 1. The fraction of sp³-hybridized carbons (Fsp3) is 0.0588. The Morgan fingerprint density at radius 3 is 2.50 bits per heavy atom. The Labute approximate surface area is 147 Å². The van der Waals surface area contributed by atoms with Gasteiger partial charge in [-0.2, -0.15) is 0 Å². The maximum Gasteiger partial charge on any atom is 0.282 e. The Bertz CT molecular complexity index is 939. The summed E-state index contributed by atoms with van der Waals surface area (Å²) in [6.45, 7) is 0. The lowest BCUT2D eigenvalue weighted by molar-refractivity contribution is -0.385. The van der Waals surface area contributed by atoms with Crippen LogP contribution in [-0.4, -0.2) is 23.8 Å². The van der Waals surface area contributed by atoms with Gasteiger partial charge in [-0.3, -0.25) is 25.1 Å². The van der Waals surface area contributed by atoms with E-state index in [2.05, 4.69) is 5.43 Å². The smallest absolute Gasteiger partial charge is 0.282 e. The summed E-state index contributed by atoms with van der Waals surface area (Å²) in [6, 6.07) is 10.4. The SMILES string of the molecule is COc1cc([N+](=O)[O-])cc(/C=C2/C(=O)NN(c3ccccc3)C2=O)c1[O-]. The first-order chi connectivity index (χ1) is 12.4. The molecule has 9 nitrogen and oxygen atoms in total. The second-order valence-electron chi connectivity index (χ2n) is 5.30. The van der Waals surface area contributed by atoms with Crippen LogP contribution in [0.25, 0.3) is 6.08 Å². The molecule has 0 saturated carbocycles. The van der Waals surface area contributed by atoms with E-state index in [9.17, 15) is 24.8 Å². The van der Waals surface area contributed by atoms with Crippen LogP contribution in [0.5, 0.6) is 11.5 Å². The van der Waals surface area contributed by atoms with Gasteiger partial charge in [0, 0.05) is 6.07 Å². The summed E-state index contributed by atoms with van der Waals surface area (Å²) in [5.74, 6) is -2.31. The number of ether oxygens (including phenoxy) is 1. The summed E-state index contributed by atoms with van der Waals surface area (Å²) in [6.07, 6.45) is 1.03. The van der Waals surface area contributed by atoms with Crippen LogP contribution in [0, 0.1) is 10.1 Å². The fourth-order valence-electron chi connectivity index (χ4n) is 2.44. The number of hydrogen-bond acceptors (Lipinski definition) is 6. The molecule has 2 amide bonds. The van der Waals surface area contributed by atoms with Crippen LogP contribution in [-0.2, 0) is 9.59 Å². The van der Waals surface area contributed by atoms with Crippen molar-refractivity contribution in [3.05, 3.63) is 63.7 Å². The molecule has 132 valence electrons. The predicted octanol–water partition coefficient (Wildman–Crippen LogP) is 1.14. The molecule has 1 aliphatic heterocycles. The summed E-state index contributed by atoms with van der Waals surface area (Å²) >= 11 is 0. The van der Waals surface area contributed by atoms with Gasteiger partial charge in [0.1, 0.15) is 11.3 Å². The van der Waals surface area contributed by atoms with Crippen molar-refractivity contribution in [1.82, 2.24) is 5.43 Å². The van der Waals surface area contributed by atoms with Crippen molar-refractivity contribution in [3.8, 4) is 11.5 Å². The zero-order valence-corrected chi connectivity index (χ0v) is 13.5. The molecule has 1 aliphatic rings. The number of non-ortho nitro benzene ring substituents is 1. The fourth-order valence-corrected chi connectivity index (χ4v) is 2.44. The van der Waals surface area contributed by atoms with Crippen LogP contribution < -0.4 is 20.3 Å². The lowest BCUT2D eigenvalue weighted by Crippen LogP contribution is -2.35. The lowest BCUT2D eigenvalue weighted by Gasteiger charge is -2.15. The van der Waals surface area contributed by atoms with Gasteiger partial charge < -0.3 is 9.84 Å². The lowest BCUT2D eigenvalue weighted by atomic mass is 10.1. The number of nitrogens with one attached hydrogen (secondary N) is 1. The Morgan fingerprint density at radius 2 is 1.88 bits per heavy atom. The van der Waals surface area contributed by atoms with Crippen LogP contribution in [0.15, 0.2) is 48.0 Å². The number of hydrazine groups is 1. The third kappa shape index (κ3) is 2.93. The van der Waals surface area contributed by atoms with Crippen molar-refractivity contribution in [2.24, 2.45) is 0 Å². The first-order valence-electron chi connectivity index (χ1n) is 7.38. The van der Waals surface area contributed by atoms with Crippen LogP contribution in [0.1, 0.15) is 5.56 Å². The van der Waals surface area contributed by atoms with E-state index in [0.717, 1.165) is 23.2 Å². The number of rotatable bonds is 4. The molecule has 0 unspecified atom stereocenters. The van der Waals surface area contributed by atoms with Crippen molar-refractivity contribution >= 4 is 29.3 Å². The number of para-hydroxylation sites is 1. The second-order valence-corrected chi connectivity index (χ2v) is 5.30. The summed E-state index contributed by atoms with van der Waals surface area (Å²) < 4.78 is 4.84. The number of hydrogen-bond donors (Lipinski definition) is 1. The second kappa shape index (κ2) is 6.55. The zero-order chi connectivity index (χ0) is 18.8. The molecule has 0 atom stereocenters. The highest BCUT2D eigenvalue weighted by Gasteiger charge is 2.34. The van der Waals surface area contributed by atoms with Crippen molar-refractivity contribution in [1.29, 1.82) is 0 Å². The summed E-state index contributed by atoms with van der Waals surface area (Å²) in [5, 5.41) is 24.3. The Balaban J connectivity index is 2.05. The summed E-state index contributed by atoms with van der Waals surface area (Å²) in [7, 11) is 1.20. The first-order valence-corrected chi connectivity index (χ1v) is 7.38. The number of anilines is 1. The molecule has 1 fully saturated rings. The molecule has 0 aromatic heterocycles. The monoisotopic (exact) mass is 354 g/mol. The highest BCUT2D eigenvalue weighted by atomic mass is 16.6. The van der Waals surface area contributed by atoms with Gasteiger partial charge in [-0.1, -0.05) is 23.9 Å². The maximum atomic E-state index is 12.5. The number of amides is 2. The van der Waals surface area contributed by atoms with E-state index in [0.29, 0.717) is 5.69 Å². The molecule has 1 heterocycles. The molecule has 1 saturated heterocycles. The van der Waals surface area contributed by atoms with Crippen molar-refractivity contribution in [2.45, 2.75) is 0 Å². The van der Waals surface area contributed by atoms with Crippen molar-refractivity contribution in [2.75, 3.05) is 12.1 Å². The number of nitro benzene ring substituents is 1. The molecule has 2 aromatic carbocycles. The molecule has 9 heteroatoms. The Morgan fingerprint density at radius 1 is 1.19 bits per heavy atom. The zero-order valence-electron chi connectivity index (χ0n) is 13.5. The van der Waals surface area contributed by atoms with Crippen LogP contribution >= 0.6 is 0 Å². The van der Waals surface area contributed by atoms with E-state index in [4.69, 9.17) is 4.74 Å². The number of carbonyl (C=O) groups excluding carboxylic acids is 2. The quantitative estimate of drug-likeness (QED) is 0.380. The van der Waals surface area contributed by atoms with Crippen molar-refractivity contribution in [3.63, 3.8) is 0 Å². The highest BCUT2D eigenvalue weighted by Crippen LogP contribution is 2.34. The van der Waals surface area contributed by atoms with Gasteiger partial charge in [0.05, 0.1) is 23.8 Å². The van der Waals surface area contributed by atoms with Gasteiger partial charge in [0.25, 0.3) is 17.5 Å². The number of nitrogens with zero attached hydrogens (tertiary/aromatic N) is 2. The first kappa shape index (κ1) is 17.0. The third-order valence-electron chi connectivity index (χ3n) is 3.70. The normalized spacial score (nSPS) is 15.3. The van der Waals surface area contributed by atoms with E-state index in [1.807, 2.05) is 0 Å². The Kier molecular flexibility index (Phi) is 4.27. The van der Waals surface area contributed by atoms with Gasteiger partial charge in [-0.05, 0) is 23.8 Å². The number of carbonyl (C=O) groups is 2. The number of nitro groups is 1. The maximum absolute atomic E-state index is 12.5. The minimum atomic E-state index is -0.719. The molecule has 0 bridgehead atoms. The van der Waals surface area contributed by atoms with Crippen molar-refractivity contribution < 1.29 is 24.4 Å². The van der Waals surface area contributed by atoms with Crippen LogP contribution in [0.3, 0.4) is 0 Å². The Hall–Kier alpha value is -3.88. The molecular weight excluding hydrogens is 342 g/mol. The van der Waals surface area contributed by atoms with E-state index in [1.54, 1.807) is 30.3 Å². The summed E-state index contributed by atoms with van der Waals surface area (Å²) in [5.41, 5.74) is 1.93. The van der Waals surface area contributed by atoms with Gasteiger partial charge in [0.2, 0.25) is 0 Å². The van der Waals surface area contributed by atoms with Crippen LogP contribution in [0.4, 0.5) is 11.4 Å². The van der Waals surface area contributed by atoms with Gasteiger partial charge >= 0.3 is 0 Å². The number of benzene rings is 2. The minimum Gasteiger partial charge on any atom is -0.870 e. The van der Waals surface area contributed by atoms with Crippen LogP contribution in [0.2, 0.25) is 0 Å². The molecule has 0 radical (unpaired) electrons. The van der Waals surface area contributed by atoms with Gasteiger partial charge in [0.15, 0.2) is 0 Å². The topological polar surface area (TPSA) is 125 Å². The van der Waals surface area contributed by atoms with Gasteiger partial charge in [-0.25, -0.2) is 5.01 Å². The molecule has 0 aliphatic carbocycles. The summed E-state index contributed by atoms with van der Waals surface area (Å²) in [4.78, 5) is 35.0. The molecule has 2 aromatic rings. The predicted molar refractivity (Wildman–Crippen MR) is 89.1 cm³/mol. The largest absolute Gasteiger partial charge is 0.870 e.